The van der Waals surface area contributed by atoms with Crippen LogP contribution in [0.5, 0.6) is 0 Å². The minimum absolute atomic E-state index is 0.0832. The van der Waals surface area contributed by atoms with Crippen molar-refractivity contribution in [1.29, 1.82) is 0 Å². The molecule has 0 spiro atoms. The number of nitrogens with zero attached hydrogens (tertiary/aromatic N) is 2. The zero-order valence-electron chi connectivity index (χ0n) is 17.2. The molecule has 1 N–H and O–H groups in total. The molecule has 150 valence electrons. The molecule has 29 heavy (non-hydrogen) atoms. The van der Waals surface area contributed by atoms with Gasteiger partial charge in [0, 0.05) is 25.5 Å². The molecule has 3 aromatic rings. The lowest BCUT2D eigenvalue weighted by Crippen LogP contribution is -2.29. The summed E-state index contributed by atoms with van der Waals surface area (Å²) in [6.45, 7) is 6.49. The molecule has 0 aliphatic carbocycles. The molecule has 0 fully saturated rings. The molecule has 0 aliphatic heterocycles. The van der Waals surface area contributed by atoms with Gasteiger partial charge in [-0.1, -0.05) is 57.2 Å². The van der Waals surface area contributed by atoms with Crippen molar-refractivity contribution in [3.8, 4) is 0 Å². The summed E-state index contributed by atoms with van der Waals surface area (Å²) in [4.78, 5) is 16.9. The van der Waals surface area contributed by atoms with Crippen LogP contribution in [0.15, 0.2) is 67.0 Å². The van der Waals surface area contributed by atoms with Gasteiger partial charge in [0.15, 0.2) is 0 Å². The minimum atomic E-state index is -0.550. The van der Waals surface area contributed by atoms with Crippen molar-refractivity contribution in [3.05, 3.63) is 95.3 Å². The Morgan fingerprint density at radius 3 is 2.48 bits per heavy atom. The monoisotopic (exact) mass is 391 g/mol. The SMILES string of the molecule is Cn1ccnc1[C@@H](NC(=O)/C=C/c1ccc(C(C)(C)C)cc1)c1cccc(F)c1. The zero-order valence-corrected chi connectivity index (χ0v) is 17.2. The maximum atomic E-state index is 13.7. The summed E-state index contributed by atoms with van der Waals surface area (Å²) < 4.78 is 15.5. The van der Waals surface area contributed by atoms with Crippen molar-refractivity contribution in [2.24, 2.45) is 7.05 Å². The van der Waals surface area contributed by atoms with E-state index in [2.05, 4.69) is 43.2 Å². The number of carbonyl (C=O) groups is 1. The van der Waals surface area contributed by atoms with Crippen molar-refractivity contribution >= 4 is 12.0 Å². The van der Waals surface area contributed by atoms with Crippen molar-refractivity contribution < 1.29 is 9.18 Å². The quantitative estimate of drug-likeness (QED) is 0.637. The molecule has 1 heterocycles. The molecule has 0 unspecified atom stereocenters. The molecule has 0 bridgehead atoms. The molecule has 1 atom stereocenters. The van der Waals surface area contributed by atoms with E-state index in [-0.39, 0.29) is 17.1 Å². The molecule has 0 saturated heterocycles. The van der Waals surface area contributed by atoms with Crippen LogP contribution < -0.4 is 5.32 Å². The number of hydrogen-bond donors (Lipinski definition) is 1. The molecular formula is C24H26FN3O. The van der Waals surface area contributed by atoms with E-state index in [0.717, 1.165) is 5.56 Å². The van der Waals surface area contributed by atoms with Gasteiger partial charge in [0.2, 0.25) is 5.91 Å². The summed E-state index contributed by atoms with van der Waals surface area (Å²) in [5, 5.41) is 2.93. The molecule has 2 aromatic carbocycles. The molecule has 3 rings (SSSR count). The second-order valence-electron chi connectivity index (χ2n) is 8.10. The first-order valence-electron chi connectivity index (χ1n) is 9.56. The number of nitrogens with one attached hydrogen (secondary N) is 1. The van der Waals surface area contributed by atoms with Crippen LogP contribution in [0.25, 0.3) is 6.08 Å². The third-order valence-electron chi connectivity index (χ3n) is 4.79. The number of halogens is 1. The van der Waals surface area contributed by atoms with Crippen LogP contribution in [0, 0.1) is 5.82 Å². The van der Waals surface area contributed by atoms with Crippen LogP contribution in [0.1, 0.15) is 49.3 Å². The van der Waals surface area contributed by atoms with Gasteiger partial charge < -0.3 is 9.88 Å². The van der Waals surface area contributed by atoms with E-state index in [4.69, 9.17) is 0 Å². The molecular weight excluding hydrogens is 365 g/mol. The zero-order chi connectivity index (χ0) is 21.0. The third kappa shape index (κ3) is 5.19. The predicted octanol–water partition coefficient (Wildman–Crippen LogP) is 4.78. The Bertz CT molecular complexity index is 1010. The Hall–Kier alpha value is -3.21. The van der Waals surface area contributed by atoms with Crippen LogP contribution in [-0.2, 0) is 17.3 Å². The predicted molar refractivity (Wildman–Crippen MR) is 114 cm³/mol. The molecule has 0 aliphatic rings. The van der Waals surface area contributed by atoms with Crippen LogP contribution in [0.4, 0.5) is 4.39 Å². The van der Waals surface area contributed by atoms with E-state index in [1.165, 1.54) is 23.8 Å². The standard InChI is InChI=1S/C24H26FN3O/c1-24(2,3)19-11-8-17(9-12-19)10-13-21(29)27-22(23-26-14-15-28(23)4)18-6-5-7-20(25)16-18/h5-16,22H,1-4H3,(H,27,29)/b13-10+/t22-/m0/s1. The van der Waals surface area contributed by atoms with Gasteiger partial charge >= 0.3 is 0 Å². The van der Waals surface area contributed by atoms with E-state index in [1.807, 2.05) is 23.7 Å². The van der Waals surface area contributed by atoms with Crippen LogP contribution in [0.3, 0.4) is 0 Å². The summed E-state index contributed by atoms with van der Waals surface area (Å²) >= 11 is 0. The normalized spacial score (nSPS) is 12.9. The molecule has 4 nitrogen and oxygen atoms in total. The first-order chi connectivity index (χ1) is 13.7. The van der Waals surface area contributed by atoms with Crippen molar-refractivity contribution in [2.75, 3.05) is 0 Å². The molecule has 5 heteroatoms. The van der Waals surface area contributed by atoms with E-state index < -0.39 is 6.04 Å². The number of hydrogen-bond acceptors (Lipinski definition) is 2. The fourth-order valence-corrected chi connectivity index (χ4v) is 3.09. The summed E-state index contributed by atoms with van der Waals surface area (Å²) in [5.74, 6) is -0.000484. The highest BCUT2D eigenvalue weighted by molar-refractivity contribution is 5.92. The van der Waals surface area contributed by atoms with Gasteiger partial charge in [-0.15, -0.1) is 0 Å². The lowest BCUT2D eigenvalue weighted by atomic mass is 9.87. The van der Waals surface area contributed by atoms with Crippen molar-refractivity contribution in [2.45, 2.75) is 32.2 Å². The first kappa shape index (κ1) is 20.5. The fourth-order valence-electron chi connectivity index (χ4n) is 3.09. The van der Waals surface area contributed by atoms with E-state index in [9.17, 15) is 9.18 Å². The van der Waals surface area contributed by atoms with Gasteiger partial charge in [-0.2, -0.15) is 0 Å². The van der Waals surface area contributed by atoms with E-state index >= 15 is 0 Å². The van der Waals surface area contributed by atoms with E-state index in [0.29, 0.717) is 11.4 Å². The van der Waals surface area contributed by atoms with Crippen LogP contribution in [-0.4, -0.2) is 15.5 Å². The van der Waals surface area contributed by atoms with Gasteiger partial charge in [-0.3, -0.25) is 4.79 Å². The number of carbonyl (C=O) groups excluding carboxylic acids is 1. The average Bonchev–Trinajstić information content (AvgIpc) is 3.09. The highest BCUT2D eigenvalue weighted by Crippen LogP contribution is 2.23. The van der Waals surface area contributed by atoms with Crippen molar-refractivity contribution in [1.82, 2.24) is 14.9 Å². The molecule has 1 amide bonds. The summed E-state index contributed by atoms with van der Waals surface area (Å²) in [6, 6.07) is 13.8. The highest BCUT2D eigenvalue weighted by atomic mass is 19.1. The Balaban J connectivity index is 1.78. The largest absolute Gasteiger partial charge is 0.339 e. The first-order valence-corrected chi connectivity index (χ1v) is 9.56. The highest BCUT2D eigenvalue weighted by Gasteiger charge is 2.20. The van der Waals surface area contributed by atoms with Gasteiger partial charge in [0.1, 0.15) is 17.7 Å². The Labute approximate surface area is 171 Å². The lowest BCUT2D eigenvalue weighted by Gasteiger charge is -2.19. The second-order valence-corrected chi connectivity index (χ2v) is 8.10. The summed E-state index contributed by atoms with van der Waals surface area (Å²) in [5.41, 5.74) is 2.89. The number of benzene rings is 2. The van der Waals surface area contributed by atoms with Gasteiger partial charge in [-0.05, 0) is 40.3 Å². The minimum Gasteiger partial charge on any atom is -0.339 e. The number of amides is 1. The number of aromatic nitrogens is 2. The topological polar surface area (TPSA) is 46.9 Å². The molecule has 1 aromatic heterocycles. The smallest absolute Gasteiger partial charge is 0.244 e. The molecule has 0 radical (unpaired) electrons. The van der Waals surface area contributed by atoms with Crippen LogP contribution in [0.2, 0.25) is 0 Å². The maximum Gasteiger partial charge on any atom is 0.244 e. The average molecular weight is 391 g/mol. The van der Waals surface area contributed by atoms with Crippen molar-refractivity contribution in [3.63, 3.8) is 0 Å². The van der Waals surface area contributed by atoms with Gasteiger partial charge in [0.05, 0.1) is 0 Å². The third-order valence-corrected chi connectivity index (χ3v) is 4.79. The number of rotatable bonds is 5. The van der Waals surface area contributed by atoms with E-state index in [1.54, 1.807) is 30.6 Å². The Morgan fingerprint density at radius 1 is 1.17 bits per heavy atom. The number of aryl methyl sites for hydroxylation is 1. The summed E-state index contributed by atoms with van der Waals surface area (Å²) in [6.07, 6.45) is 6.70. The summed E-state index contributed by atoms with van der Waals surface area (Å²) in [7, 11) is 1.84. The Morgan fingerprint density at radius 2 is 1.90 bits per heavy atom. The second kappa shape index (κ2) is 8.43. The van der Waals surface area contributed by atoms with Gasteiger partial charge in [0.25, 0.3) is 0 Å². The maximum absolute atomic E-state index is 13.7. The Kier molecular flexibility index (Phi) is 5.97. The lowest BCUT2D eigenvalue weighted by molar-refractivity contribution is -0.117. The molecule has 0 saturated carbocycles. The fraction of sp³-hybridized carbons (Fsp3) is 0.250. The van der Waals surface area contributed by atoms with Gasteiger partial charge in [-0.25, -0.2) is 9.37 Å². The number of imidazole rings is 1. The van der Waals surface area contributed by atoms with Crippen LogP contribution >= 0.6 is 0 Å².